The molecule has 0 bridgehead atoms. The summed E-state index contributed by atoms with van der Waals surface area (Å²) in [6.07, 6.45) is 1.77. The van der Waals surface area contributed by atoms with Gasteiger partial charge in [0.05, 0.1) is 11.1 Å². The van der Waals surface area contributed by atoms with Crippen LogP contribution < -0.4 is 10.6 Å². The summed E-state index contributed by atoms with van der Waals surface area (Å²) < 4.78 is 22.5. The lowest BCUT2D eigenvalue weighted by Gasteiger charge is -2.34. The molecule has 2 aliphatic rings. The van der Waals surface area contributed by atoms with Gasteiger partial charge in [-0.1, -0.05) is 97.1 Å². The first kappa shape index (κ1) is 71.8. The van der Waals surface area contributed by atoms with Crippen LogP contribution in [0, 0.1) is 0 Å². The fourth-order valence-electron chi connectivity index (χ4n) is 10.9. The number of hydrogen-bond donors (Lipinski definition) is 2. The van der Waals surface area contributed by atoms with Crippen molar-refractivity contribution in [1.29, 1.82) is 0 Å². The summed E-state index contributed by atoms with van der Waals surface area (Å²) in [5, 5.41) is 5.44. The van der Waals surface area contributed by atoms with E-state index in [-0.39, 0.29) is 49.1 Å². The number of carbonyl (C=O) groups is 10. The lowest BCUT2D eigenvalue weighted by Crippen LogP contribution is -2.57. The van der Waals surface area contributed by atoms with Gasteiger partial charge in [-0.25, -0.2) is 19.2 Å². The van der Waals surface area contributed by atoms with Crippen LogP contribution in [0.4, 0.5) is 9.59 Å². The maximum absolute atomic E-state index is 14.9. The molecule has 0 aliphatic carbocycles. The average molecular weight is 1290 g/mol. The highest BCUT2D eigenvalue weighted by Gasteiger charge is 2.40. The Morgan fingerprint density at radius 2 is 0.787 bits per heavy atom. The molecule has 2 aliphatic heterocycles. The third kappa shape index (κ3) is 20.7. The normalized spacial score (nSPS) is 15.9. The van der Waals surface area contributed by atoms with Gasteiger partial charge in [0.2, 0.25) is 23.6 Å². The molecule has 8 amide bonds. The molecule has 2 heterocycles. The van der Waals surface area contributed by atoms with Crippen molar-refractivity contribution in [3.63, 3.8) is 0 Å². The fourth-order valence-corrected chi connectivity index (χ4v) is 10.9. The van der Waals surface area contributed by atoms with E-state index in [1.165, 1.54) is 52.2 Å². The minimum absolute atomic E-state index is 0.0494. The van der Waals surface area contributed by atoms with E-state index in [1.807, 2.05) is 72.8 Å². The Balaban J connectivity index is 1.07. The molecular formula is C72H90N8O14. The third-order valence-corrected chi connectivity index (χ3v) is 16.5. The van der Waals surface area contributed by atoms with Crippen molar-refractivity contribution in [2.45, 2.75) is 141 Å². The number of hydrogen-bond acceptors (Lipinski definition) is 14. The van der Waals surface area contributed by atoms with Crippen molar-refractivity contribution in [2.24, 2.45) is 0 Å². The molecule has 2 saturated heterocycles. The van der Waals surface area contributed by atoms with E-state index in [0.29, 0.717) is 62.7 Å². The van der Waals surface area contributed by atoms with Crippen LogP contribution in [0.2, 0.25) is 0 Å². The third-order valence-electron chi connectivity index (χ3n) is 16.5. The number of rotatable bonds is 26. The first-order valence-corrected chi connectivity index (χ1v) is 32.0. The summed E-state index contributed by atoms with van der Waals surface area (Å²) in [4.78, 5) is 149. The fraction of sp³-hybridized carbons (Fsp3) is 0.444. The number of nitrogens with one attached hydrogen (secondary N) is 2. The average Bonchev–Trinajstić information content (AvgIpc) is 1.59. The van der Waals surface area contributed by atoms with E-state index in [1.54, 1.807) is 110 Å². The molecule has 0 radical (unpaired) electrons. The lowest BCUT2D eigenvalue weighted by molar-refractivity contribution is -0.139. The van der Waals surface area contributed by atoms with Gasteiger partial charge in [-0.3, -0.25) is 38.6 Å². The summed E-state index contributed by atoms with van der Waals surface area (Å²) in [5.74, 6) is -4.93. The van der Waals surface area contributed by atoms with Crippen LogP contribution in [-0.2, 0) is 51.0 Å². The second-order valence-electron chi connectivity index (χ2n) is 25.8. The van der Waals surface area contributed by atoms with Crippen LogP contribution in [0.25, 0.3) is 0 Å². The monoisotopic (exact) mass is 1290 g/mol. The highest BCUT2D eigenvalue weighted by molar-refractivity contribution is 5.97. The minimum atomic E-state index is -1.47. The van der Waals surface area contributed by atoms with E-state index in [0.717, 1.165) is 20.9 Å². The number of benzene rings is 5. The van der Waals surface area contributed by atoms with Crippen LogP contribution in [0.5, 0.6) is 0 Å². The number of likely N-dealkylation sites (tertiary alicyclic amines) is 2. The zero-order valence-corrected chi connectivity index (χ0v) is 55.6. The second kappa shape index (κ2) is 33.3. The molecule has 0 spiro atoms. The summed E-state index contributed by atoms with van der Waals surface area (Å²) in [5.41, 5.74) is 1.16. The summed E-state index contributed by atoms with van der Waals surface area (Å²) >= 11 is 0. The van der Waals surface area contributed by atoms with Crippen molar-refractivity contribution in [2.75, 3.05) is 66.6 Å². The predicted molar refractivity (Wildman–Crippen MR) is 352 cm³/mol. The van der Waals surface area contributed by atoms with E-state index < -0.39 is 108 Å². The Hall–Kier alpha value is -9.60. The standard InChI is InChI=1S/C72H90N8O14/c1-49(75(9)69(89)93-71(3,4)5)61(81)73-59(65(85)79-41-23-33-57(79)45-77(43-39-51-25-15-11-16-26-51)63(83)53-29-19-13-20-30-53)47-91-67(87)55-35-37-56(38-36-55)68(88)92-48-60(74-62(82)50(2)76(10)70(90)94-72(6,7)8)66(86)80-42-24-34-58(80)46-78(44-40-52-27-17-12-18-28-52)64(84)54-31-21-14-22-32-54/h11-22,25-32,35-38,49-50,57-60H,23-24,33-34,39-48H2,1-10H3,(H,73,81)(H,74,82)/t49-,50-,57-,58-,59-,60-/m0/s1. The maximum Gasteiger partial charge on any atom is 0.410 e. The van der Waals surface area contributed by atoms with Crippen molar-refractivity contribution in [1.82, 2.24) is 40.0 Å². The highest BCUT2D eigenvalue weighted by Crippen LogP contribution is 2.25. The summed E-state index contributed by atoms with van der Waals surface area (Å²) in [7, 11) is 2.77. The molecule has 22 nitrogen and oxygen atoms in total. The smallest absolute Gasteiger partial charge is 0.410 e. The number of ether oxygens (including phenoxy) is 4. The van der Waals surface area contributed by atoms with Crippen molar-refractivity contribution < 1.29 is 66.9 Å². The van der Waals surface area contributed by atoms with Crippen LogP contribution in [0.3, 0.4) is 0 Å². The Morgan fingerprint density at radius 3 is 1.11 bits per heavy atom. The van der Waals surface area contributed by atoms with Crippen molar-refractivity contribution in [3.05, 3.63) is 179 Å². The van der Waals surface area contributed by atoms with Gasteiger partial charge in [0.1, 0.15) is 48.6 Å². The zero-order chi connectivity index (χ0) is 68.3. The molecule has 2 N–H and O–H groups in total. The molecule has 94 heavy (non-hydrogen) atoms. The van der Waals surface area contributed by atoms with Crippen molar-refractivity contribution >= 4 is 59.6 Å². The molecule has 5 aromatic carbocycles. The molecule has 0 aromatic heterocycles. The zero-order valence-electron chi connectivity index (χ0n) is 55.6. The maximum atomic E-state index is 14.9. The number of carbonyl (C=O) groups excluding carboxylic acids is 10. The van der Waals surface area contributed by atoms with Gasteiger partial charge < -0.3 is 49.2 Å². The Labute approximate surface area is 551 Å². The van der Waals surface area contributed by atoms with E-state index in [9.17, 15) is 47.9 Å². The Bertz CT molecular complexity index is 3180. The number of amides is 8. The topological polar surface area (TPSA) is 251 Å². The molecular weight excluding hydrogens is 1200 g/mol. The van der Waals surface area contributed by atoms with E-state index in [4.69, 9.17) is 18.9 Å². The SMILES string of the molecule is C[C@@H](C(=O)N[C@@H](COC(=O)c1ccc(C(=O)OC[C@H](NC(=O)[C@H](C)N(C)C(=O)OC(C)(C)C)C(=O)N2CCC[C@H]2CN(CCc2ccccc2)C(=O)c2ccccc2)cc1)C(=O)N1CCC[C@H]1CN(CCc1ccccc1)C(=O)c1ccccc1)N(C)C(=O)OC(C)(C)C. The first-order valence-electron chi connectivity index (χ1n) is 32.0. The van der Waals surface area contributed by atoms with E-state index >= 15 is 0 Å². The predicted octanol–water partition coefficient (Wildman–Crippen LogP) is 8.23. The van der Waals surface area contributed by atoms with Gasteiger partial charge in [0, 0.05) is 76.6 Å². The molecule has 7 rings (SSSR count). The molecule has 6 atom stereocenters. The molecule has 2 fully saturated rings. The molecule has 0 saturated carbocycles. The van der Waals surface area contributed by atoms with Gasteiger partial charge in [-0.05, 0) is 154 Å². The van der Waals surface area contributed by atoms with Gasteiger partial charge in [0.15, 0.2) is 0 Å². The first-order chi connectivity index (χ1) is 44.7. The Morgan fingerprint density at radius 1 is 0.468 bits per heavy atom. The summed E-state index contributed by atoms with van der Waals surface area (Å²) in [6, 6.07) is 36.1. The van der Waals surface area contributed by atoms with Crippen LogP contribution >= 0.6 is 0 Å². The highest BCUT2D eigenvalue weighted by atomic mass is 16.6. The number of likely N-dealkylation sites (N-methyl/N-ethyl adjacent to an activating group) is 2. The van der Waals surface area contributed by atoms with E-state index in [2.05, 4.69) is 10.6 Å². The summed E-state index contributed by atoms with van der Waals surface area (Å²) in [6.45, 7) is 13.3. The number of esters is 2. The molecule has 22 heteroatoms. The molecule has 0 unspecified atom stereocenters. The quantitative estimate of drug-likeness (QED) is 0.0391. The lowest BCUT2D eigenvalue weighted by atomic mass is 10.1. The minimum Gasteiger partial charge on any atom is -0.459 e. The second-order valence-corrected chi connectivity index (χ2v) is 25.8. The van der Waals surface area contributed by atoms with Gasteiger partial charge in [-0.15, -0.1) is 0 Å². The largest absolute Gasteiger partial charge is 0.459 e. The van der Waals surface area contributed by atoms with Crippen molar-refractivity contribution in [3.8, 4) is 0 Å². The Kier molecular flexibility index (Phi) is 25.4. The van der Waals surface area contributed by atoms with Gasteiger partial charge >= 0.3 is 24.1 Å². The molecule has 5 aromatic rings. The van der Waals surface area contributed by atoms with Crippen LogP contribution in [-0.4, -0.2) is 203 Å². The van der Waals surface area contributed by atoms with Crippen LogP contribution in [0.1, 0.15) is 134 Å². The van der Waals surface area contributed by atoms with Gasteiger partial charge in [0.25, 0.3) is 11.8 Å². The number of nitrogens with zero attached hydrogens (tertiary/aromatic N) is 6. The van der Waals surface area contributed by atoms with Gasteiger partial charge in [-0.2, -0.15) is 0 Å². The molecule has 502 valence electrons. The van der Waals surface area contributed by atoms with Crippen LogP contribution in [0.15, 0.2) is 146 Å².